The van der Waals surface area contributed by atoms with E-state index in [9.17, 15) is 19.7 Å². The first-order chi connectivity index (χ1) is 9.51. The fourth-order valence-electron chi connectivity index (χ4n) is 1.56. The minimum Gasteiger partial charge on any atom is -0.495 e. The molecule has 1 aromatic carbocycles. The molecule has 0 unspecified atom stereocenters. The summed E-state index contributed by atoms with van der Waals surface area (Å²) in [5.41, 5.74) is -0.124. The van der Waals surface area contributed by atoms with E-state index in [0.29, 0.717) is 0 Å². The van der Waals surface area contributed by atoms with Crippen LogP contribution in [0.3, 0.4) is 0 Å². The highest BCUT2D eigenvalue weighted by Crippen LogP contribution is 2.28. The van der Waals surface area contributed by atoms with E-state index in [-0.39, 0.29) is 23.2 Å². The molecule has 1 aliphatic rings. The van der Waals surface area contributed by atoms with Crippen LogP contribution in [0.5, 0.6) is 5.75 Å². The molecule has 8 nitrogen and oxygen atoms in total. The van der Waals surface area contributed by atoms with Crippen molar-refractivity contribution in [2.45, 2.75) is 18.9 Å². The first-order valence-corrected chi connectivity index (χ1v) is 5.95. The van der Waals surface area contributed by atoms with Crippen molar-refractivity contribution in [3.8, 4) is 5.75 Å². The molecule has 0 saturated heterocycles. The van der Waals surface area contributed by atoms with Crippen molar-refractivity contribution in [1.82, 2.24) is 5.32 Å². The lowest BCUT2D eigenvalue weighted by molar-refractivity contribution is -0.384. The zero-order valence-electron chi connectivity index (χ0n) is 10.7. The molecular formula is C12H13N3O5. The largest absolute Gasteiger partial charge is 0.495 e. The summed E-state index contributed by atoms with van der Waals surface area (Å²) >= 11 is 0. The summed E-state index contributed by atoms with van der Waals surface area (Å²) in [6.45, 7) is 0. The number of nitrogens with one attached hydrogen (secondary N) is 2. The number of anilines is 1. The topological polar surface area (TPSA) is 111 Å². The van der Waals surface area contributed by atoms with Gasteiger partial charge in [0.15, 0.2) is 0 Å². The third-order valence-corrected chi connectivity index (χ3v) is 2.76. The number of ether oxygens (including phenoxy) is 1. The van der Waals surface area contributed by atoms with Gasteiger partial charge >= 0.3 is 11.8 Å². The molecule has 8 heteroatoms. The van der Waals surface area contributed by atoms with Gasteiger partial charge in [-0.05, 0) is 18.9 Å². The smallest absolute Gasteiger partial charge is 0.313 e. The second kappa shape index (κ2) is 5.55. The predicted octanol–water partition coefficient (Wildman–Crippen LogP) is 0.820. The van der Waals surface area contributed by atoms with Crippen LogP contribution in [-0.2, 0) is 9.59 Å². The van der Waals surface area contributed by atoms with Gasteiger partial charge in [-0.1, -0.05) is 0 Å². The van der Waals surface area contributed by atoms with Crippen LogP contribution >= 0.6 is 0 Å². The van der Waals surface area contributed by atoms with Crippen molar-refractivity contribution in [3.05, 3.63) is 28.3 Å². The Balaban J connectivity index is 2.13. The highest BCUT2D eigenvalue weighted by molar-refractivity contribution is 6.39. The molecule has 20 heavy (non-hydrogen) atoms. The normalized spacial score (nSPS) is 13.4. The van der Waals surface area contributed by atoms with Gasteiger partial charge in [0, 0.05) is 18.2 Å². The molecule has 1 aliphatic carbocycles. The van der Waals surface area contributed by atoms with Gasteiger partial charge in [0.05, 0.1) is 17.7 Å². The van der Waals surface area contributed by atoms with E-state index in [4.69, 9.17) is 4.74 Å². The van der Waals surface area contributed by atoms with Crippen LogP contribution in [0.4, 0.5) is 11.4 Å². The Hall–Kier alpha value is -2.64. The standard InChI is InChI=1S/C12H13N3O5/c1-20-10-5-4-8(15(18)19)6-9(10)14-12(17)11(16)13-7-2-3-7/h4-7H,2-3H2,1H3,(H,13,16)(H,14,17). The molecule has 0 aliphatic heterocycles. The number of amides is 2. The maximum atomic E-state index is 11.7. The summed E-state index contributed by atoms with van der Waals surface area (Å²) in [5.74, 6) is -1.40. The SMILES string of the molecule is COc1ccc([N+](=O)[O-])cc1NC(=O)C(=O)NC1CC1. The number of nitro groups is 1. The molecule has 0 bridgehead atoms. The van der Waals surface area contributed by atoms with Gasteiger partial charge in [0.2, 0.25) is 0 Å². The Bertz CT molecular complexity index is 568. The Morgan fingerprint density at radius 2 is 2.05 bits per heavy atom. The first-order valence-electron chi connectivity index (χ1n) is 5.95. The summed E-state index contributed by atoms with van der Waals surface area (Å²) < 4.78 is 4.99. The van der Waals surface area contributed by atoms with Crippen molar-refractivity contribution in [1.29, 1.82) is 0 Å². The van der Waals surface area contributed by atoms with Crippen LogP contribution in [0.1, 0.15) is 12.8 Å². The molecule has 1 saturated carbocycles. The van der Waals surface area contributed by atoms with Gasteiger partial charge in [-0.2, -0.15) is 0 Å². The van der Waals surface area contributed by atoms with Crippen LogP contribution in [0, 0.1) is 10.1 Å². The molecule has 106 valence electrons. The molecule has 2 N–H and O–H groups in total. The average molecular weight is 279 g/mol. The molecular weight excluding hydrogens is 266 g/mol. The number of benzene rings is 1. The van der Waals surface area contributed by atoms with Gasteiger partial charge in [-0.25, -0.2) is 0 Å². The number of non-ortho nitro benzene ring substituents is 1. The minimum atomic E-state index is -0.879. The number of nitro benzene ring substituents is 1. The quantitative estimate of drug-likeness (QED) is 0.481. The van der Waals surface area contributed by atoms with Crippen molar-refractivity contribution in [2.75, 3.05) is 12.4 Å². The maximum absolute atomic E-state index is 11.7. The summed E-state index contributed by atoms with van der Waals surface area (Å²) in [7, 11) is 1.36. The first kappa shape index (κ1) is 13.8. The number of methoxy groups -OCH3 is 1. The third-order valence-electron chi connectivity index (χ3n) is 2.76. The molecule has 2 rings (SSSR count). The summed E-state index contributed by atoms with van der Waals surface area (Å²) in [6, 6.07) is 3.80. The lowest BCUT2D eigenvalue weighted by Gasteiger charge is -2.09. The van der Waals surface area contributed by atoms with Gasteiger partial charge in [-0.15, -0.1) is 0 Å². The van der Waals surface area contributed by atoms with E-state index in [1.165, 1.54) is 19.2 Å². The second-order valence-electron chi connectivity index (χ2n) is 4.34. The fraction of sp³-hybridized carbons (Fsp3) is 0.333. The zero-order valence-corrected chi connectivity index (χ0v) is 10.7. The summed E-state index contributed by atoms with van der Waals surface area (Å²) in [5, 5.41) is 15.5. The number of hydrogen-bond donors (Lipinski definition) is 2. The molecule has 0 heterocycles. The number of carbonyl (C=O) groups is 2. The van der Waals surface area contributed by atoms with Crippen LogP contribution in [0.2, 0.25) is 0 Å². The zero-order chi connectivity index (χ0) is 14.7. The molecule has 2 amide bonds. The van der Waals surface area contributed by atoms with E-state index in [0.717, 1.165) is 18.9 Å². The Kier molecular flexibility index (Phi) is 3.83. The van der Waals surface area contributed by atoms with Crippen molar-refractivity contribution >= 4 is 23.2 Å². The number of rotatable bonds is 4. The van der Waals surface area contributed by atoms with Crippen LogP contribution in [-0.4, -0.2) is 29.9 Å². The third kappa shape index (κ3) is 3.22. The molecule has 0 spiro atoms. The van der Waals surface area contributed by atoms with Crippen molar-refractivity contribution in [3.63, 3.8) is 0 Å². The Morgan fingerprint density at radius 1 is 1.35 bits per heavy atom. The predicted molar refractivity (Wildman–Crippen MR) is 69.4 cm³/mol. The highest BCUT2D eigenvalue weighted by atomic mass is 16.6. The van der Waals surface area contributed by atoms with E-state index in [1.54, 1.807) is 0 Å². The van der Waals surface area contributed by atoms with Crippen molar-refractivity contribution < 1.29 is 19.2 Å². The summed E-state index contributed by atoms with van der Waals surface area (Å²) in [6.07, 6.45) is 1.72. The molecule has 0 radical (unpaired) electrons. The summed E-state index contributed by atoms with van der Waals surface area (Å²) in [4.78, 5) is 33.3. The van der Waals surface area contributed by atoms with Crippen LogP contribution in [0.25, 0.3) is 0 Å². The van der Waals surface area contributed by atoms with Gasteiger partial charge in [-0.3, -0.25) is 19.7 Å². The Labute approximate surface area is 114 Å². The van der Waals surface area contributed by atoms with E-state index >= 15 is 0 Å². The maximum Gasteiger partial charge on any atom is 0.313 e. The second-order valence-corrected chi connectivity index (χ2v) is 4.34. The lowest BCUT2D eigenvalue weighted by Crippen LogP contribution is -2.36. The Morgan fingerprint density at radius 3 is 2.60 bits per heavy atom. The molecule has 0 atom stereocenters. The fourth-order valence-corrected chi connectivity index (χ4v) is 1.56. The van der Waals surface area contributed by atoms with E-state index in [1.807, 2.05) is 0 Å². The van der Waals surface area contributed by atoms with Gasteiger partial charge in [0.25, 0.3) is 5.69 Å². The van der Waals surface area contributed by atoms with Crippen LogP contribution < -0.4 is 15.4 Å². The van der Waals surface area contributed by atoms with Gasteiger partial charge in [0.1, 0.15) is 5.75 Å². The minimum absolute atomic E-state index is 0.0558. The number of nitrogens with zero attached hydrogens (tertiary/aromatic N) is 1. The number of carbonyl (C=O) groups excluding carboxylic acids is 2. The number of hydrogen-bond acceptors (Lipinski definition) is 5. The highest BCUT2D eigenvalue weighted by Gasteiger charge is 2.27. The lowest BCUT2D eigenvalue weighted by atomic mass is 10.2. The molecule has 1 fully saturated rings. The average Bonchev–Trinajstić information content (AvgIpc) is 3.22. The van der Waals surface area contributed by atoms with Crippen molar-refractivity contribution in [2.24, 2.45) is 0 Å². The van der Waals surface area contributed by atoms with Crippen LogP contribution in [0.15, 0.2) is 18.2 Å². The van der Waals surface area contributed by atoms with Gasteiger partial charge < -0.3 is 15.4 Å². The monoisotopic (exact) mass is 279 g/mol. The molecule has 1 aromatic rings. The molecule has 0 aromatic heterocycles. The van der Waals surface area contributed by atoms with E-state index in [2.05, 4.69) is 10.6 Å². The van der Waals surface area contributed by atoms with E-state index < -0.39 is 16.7 Å².